The van der Waals surface area contributed by atoms with E-state index in [4.69, 9.17) is 4.74 Å². The van der Waals surface area contributed by atoms with Crippen molar-refractivity contribution >= 4 is 38.1 Å². The topological polar surface area (TPSA) is 75.7 Å². The number of nitrogens with one attached hydrogen (secondary N) is 1. The minimum Gasteiger partial charge on any atom is -0.462 e. The number of hydrogen-bond acceptors (Lipinski definition) is 5. The van der Waals surface area contributed by atoms with E-state index in [-0.39, 0.29) is 4.90 Å². The molecule has 0 radical (unpaired) electrons. The third-order valence-electron chi connectivity index (χ3n) is 4.44. The summed E-state index contributed by atoms with van der Waals surface area (Å²) in [6.07, 6.45) is 0.740. The van der Waals surface area contributed by atoms with Gasteiger partial charge in [0.15, 0.2) is 0 Å². The van der Waals surface area contributed by atoms with Crippen LogP contribution in [0.1, 0.15) is 23.7 Å². The van der Waals surface area contributed by atoms with E-state index in [1.807, 2.05) is 44.1 Å². The molecule has 0 spiro atoms. The van der Waals surface area contributed by atoms with Gasteiger partial charge in [-0.25, -0.2) is 13.2 Å². The minimum absolute atomic E-state index is 0.199. The number of carbonyl (C=O) groups is 1. The molecule has 0 aromatic heterocycles. The molecule has 0 aliphatic carbocycles. The highest BCUT2D eigenvalue weighted by molar-refractivity contribution is 7.93. The molecule has 6 nitrogen and oxygen atoms in total. The third-order valence-corrected chi connectivity index (χ3v) is 5.88. The summed E-state index contributed by atoms with van der Waals surface area (Å²) in [5, 5.41) is 1.50. The van der Waals surface area contributed by atoms with Gasteiger partial charge in [-0.1, -0.05) is 31.2 Å². The highest BCUT2D eigenvalue weighted by Gasteiger charge is 2.19. The molecule has 0 aliphatic heterocycles. The van der Waals surface area contributed by atoms with Gasteiger partial charge in [0.25, 0.3) is 10.0 Å². The molecule has 0 unspecified atom stereocenters. The molecule has 0 bridgehead atoms. The molecule has 0 fully saturated rings. The predicted octanol–water partition coefficient (Wildman–Crippen LogP) is 4.27. The van der Waals surface area contributed by atoms with E-state index in [1.165, 1.54) is 0 Å². The van der Waals surface area contributed by atoms with Gasteiger partial charge in [-0.3, -0.25) is 4.72 Å². The Bertz CT molecular complexity index is 1120. The van der Waals surface area contributed by atoms with Gasteiger partial charge in [0.1, 0.15) is 0 Å². The summed E-state index contributed by atoms with van der Waals surface area (Å²) >= 11 is 0. The summed E-state index contributed by atoms with van der Waals surface area (Å²) in [5.74, 6) is -0.425. The summed E-state index contributed by atoms with van der Waals surface area (Å²) in [6.45, 7) is 2.27. The predicted molar refractivity (Wildman–Crippen MR) is 116 cm³/mol. The van der Waals surface area contributed by atoms with Gasteiger partial charge in [0, 0.05) is 36.2 Å². The number of benzene rings is 3. The van der Waals surface area contributed by atoms with E-state index in [0.717, 1.165) is 17.5 Å². The van der Waals surface area contributed by atoms with Gasteiger partial charge in [0.2, 0.25) is 0 Å². The average Bonchev–Trinajstić information content (AvgIpc) is 2.71. The molecule has 0 aliphatic rings. The van der Waals surface area contributed by atoms with E-state index in [9.17, 15) is 13.2 Å². The van der Waals surface area contributed by atoms with Gasteiger partial charge in [-0.05, 0) is 42.8 Å². The lowest BCUT2D eigenvalue weighted by Crippen LogP contribution is -2.14. The summed E-state index contributed by atoms with van der Waals surface area (Å²) in [4.78, 5) is 14.0. The van der Waals surface area contributed by atoms with Crippen molar-refractivity contribution in [3.8, 4) is 0 Å². The zero-order valence-electron chi connectivity index (χ0n) is 16.7. The Labute approximate surface area is 171 Å². The van der Waals surface area contributed by atoms with E-state index in [0.29, 0.717) is 23.2 Å². The minimum atomic E-state index is -3.81. The van der Waals surface area contributed by atoms with E-state index in [2.05, 4.69) is 4.72 Å². The van der Waals surface area contributed by atoms with Crippen molar-refractivity contribution in [3.05, 3.63) is 66.2 Å². The first-order valence-corrected chi connectivity index (χ1v) is 10.8. The summed E-state index contributed by atoms with van der Waals surface area (Å²) < 4.78 is 33.8. The Balaban J connectivity index is 1.91. The van der Waals surface area contributed by atoms with Crippen molar-refractivity contribution in [2.45, 2.75) is 18.2 Å². The Morgan fingerprint density at radius 2 is 1.62 bits per heavy atom. The quantitative estimate of drug-likeness (QED) is 0.587. The molecule has 0 heterocycles. The molecule has 3 rings (SSSR count). The Kier molecular flexibility index (Phi) is 6.08. The van der Waals surface area contributed by atoms with Crippen LogP contribution in [0.3, 0.4) is 0 Å². The number of nitrogens with zero attached hydrogens (tertiary/aromatic N) is 1. The van der Waals surface area contributed by atoms with Crippen LogP contribution in [0.25, 0.3) is 10.8 Å². The number of ether oxygens (including phenoxy) is 1. The largest absolute Gasteiger partial charge is 0.462 e. The molecule has 0 amide bonds. The highest BCUT2D eigenvalue weighted by atomic mass is 32.2. The van der Waals surface area contributed by atoms with E-state index in [1.54, 1.807) is 42.5 Å². The first-order chi connectivity index (χ1) is 13.8. The maximum absolute atomic E-state index is 13.0. The zero-order chi connectivity index (χ0) is 21.0. The summed E-state index contributed by atoms with van der Waals surface area (Å²) in [6, 6.07) is 17.0. The fraction of sp³-hybridized carbons (Fsp3) is 0.227. The molecular weight excluding hydrogens is 388 g/mol. The van der Waals surface area contributed by atoms with Crippen LogP contribution in [-0.2, 0) is 14.8 Å². The molecule has 0 saturated carbocycles. The molecule has 3 aromatic carbocycles. The molecule has 3 aromatic rings. The SMILES string of the molecule is CCCOC(=O)c1ccc(NS(=O)(=O)c2cccc3c(N(C)C)cccc23)cc1. The van der Waals surface area contributed by atoms with Crippen LogP contribution in [0.4, 0.5) is 11.4 Å². The number of hydrogen-bond donors (Lipinski definition) is 1. The third kappa shape index (κ3) is 4.51. The molecule has 0 saturated heterocycles. The molecular formula is C22H24N2O4S. The average molecular weight is 413 g/mol. The van der Waals surface area contributed by atoms with Crippen molar-refractivity contribution in [2.75, 3.05) is 30.3 Å². The number of rotatable bonds is 7. The molecule has 152 valence electrons. The van der Waals surface area contributed by atoms with Crippen LogP contribution in [0.5, 0.6) is 0 Å². The fourth-order valence-electron chi connectivity index (χ4n) is 3.05. The van der Waals surface area contributed by atoms with Crippen LogP contribution in [-0.4, -0.2) is 35.1 Å². The van der Waals surface area contributed by atoms with Crippen LogP contribution >= 0.6 is 0 Å². The van der Waals surface area contributed by atoms with Gasteiger partial charge < -0.3 is 9.64 Å². The second-order valence-electron chi connectivity index (χ2n) is 6.84. The number of esters is 1. The van der Waals surface area contributed by atoms with Crippen LogP contribution in [0.2, 0.25) is 0 Å². The van der Waals surface area contributed by atoms with Crippen LogP contribution < -0.4 is 9.62 Å². The van der Waals surface area contributed by atoms with Crippen molar-refractivity contribution in [1.29, 1.82) is 0 Å². The van der Waals surface area contributed by atoms with E-state index >= 15 is 0 Å². The lowest BCUT2D eigenvalue weighted by molar-refractivity contribution is 0.0505. The number of fused-ring (bicyclic) bond motifs is 1. The zero-order valence-corrected chi connectivity index (χ0v) is 17.5. The van der Waals surface area contributed by atoms with E-state index < -0.39 is 16.0 Å². The van der Waals surface area contributed by atoms with Crippen molar-refractivity contribution in [1.82, 2.24) is 0 Å². The fourth-order valence-corrected chi connectivity index (χ4v) is 4.33. The van der Waals surface area contributed by atoms with Crippen LogP contribution in [0, 0.1) is 0 Å². The highest BCUT2D eigenvalue weighted by Crippen LogP contribution is 2.31. The molecule has 0 atom stereocenters. The molecule has 29 heavy (non-hydrogen) atoms. The smallest absolute Gasteiger partial charge is 0.338 e. The lowest BCUT2D eigenvalue weighted by atomic mass is 10.1. The molecule has 1 N–H and O–H groups in total. The van der Waals surface area contributed by atoms with Crippen LogP contribution in [0.15, 0.2) is 65.6 Å². The second-order valence-corrected chi connectivity index (χ2v) is 8.49. The Hall–Kier alpha value is -3.06. The first kappa shape index (κ1) is 20.7. The first-order valence-electron chi connectivity index (χ1n) is 9.32. The summed E-state index contributed by atoms with van der Waals surface area (Å²) in [7, 11) is 0.0215. The Morgan fingerprint density at radius 3 is 2.28 bits per heavy atom. The maximum Gasteiger partial charge on any atom is 0.338 e. The Morgan fingerprint density at radius 1 is 0.966 bits per heavy atom. The van der Waals surface area contributed by atoms with Gasteiger partial charge in [-0.15, -0.1) is 0 Å². The molecule has 7 heteroatoms. The lowest BCUT2D eigenvalue weighted by Gasteiger charge is -2.17. The van der Waals surface area contributed by atoms with Gasteiger partial charge in [-0.2, -0.15) is 0 Å². The second kappa shape index (κ2) is 8.53. The van der Waals surface area contributed by atoms with Crippen molar-refractivity contribution in [3.63, 3.8) is 0 Å². The standard InChI is InChI=1S/C22H24N2O4S/c1-4-15-28-22(25)16-11-13-17(14-12-16)23-29(26,27)21-10-6-7-18-19(21)8-5-9-20(18)24(2)3/h5-14,23H,4,15H2,1-3H3. The summed E-state index contributed by atoms with van der Waals surface area (Å²) in [5.41, 5.74) is 1.69. The number of anilines is 2. The van der Waals surface area contributed by atoms with Gasteiger partial charge >= 0.3 is 5.97 Å². The van der Waals surface area contributed by atoms with Crippen molar-refractivity contribution < 1.29 is 17.9 Å². The maximum atomic E-state index is 13.0. The normalized spacial score (nSPS) is 11.3. The monoisotopic (exact) mass is 412 g/mol. The van der Waals surface area contributed by atoms with Crippen molar-refractivity contribution in [2.24, 2.45) is 0 Å². The number of carbonyl (C=O) groups excluding carboxylic acids is 1. The number of sulfonamides is 1. The van der Waals surface area contributed by atoms with Gasteiger partial charge in [0.05, 0.1) is 17.1 Å².